The third kappa shape index (κ3) is 3.12. The summed E-state index contributed by atoms with van der Waals surface area (Å²) in [7, 11) is 0. The molecular formula is C18H12N2O4. The number of carboxylic acids is 2. The molecule has 0 aliphatic carbocycles. The molecule has 6 nitrogen and oxygen atoms in total. The van der Waals surface area contributed by atoms with Crippen molar-refractivity contribution in [3.8, 4) is 22.5 Å². The number of aromatic carboxylic acids is 2. The second-order valence-electron chi connectivity index (χ2n) is 5.05. The van der Waals surface area contributed by atoms with E-state index in [1.807, 2.05) is 0 Å². The maximum absolute atomic E-state index is 10.9. The van der Waals surface area contributed by atoms with Crippen LogP contribution in [0, 0.1) is 0 Å². The summed E-state index contributed by atoms with van der Waals surface area (Å²) < 4.78 is 0. The predicted molar refractivity (Wildman–Crippen MR) is 86.8 cm³/mol. The zero-order valence-electron chi connectivity index (χ0n) is 12.4. The van der Waals surface area contributed by atoms with E-state index in [9.17, 15) is 9.59 Å². The highest BCUT2D eigenvalue weighted by Crippen LogP contribution is 2.22. The topological polar surface area (TPSA) is 100 Å². The minimum absolute atomic E-state index is 0.201. The van der Waals surface area contributed by atoms with Crippen molar-refractivity contribution in [2.24, 2.45) is 0 Å². The smallest absolute Gasteiger partial charge is 0.335 e. The molecule has 0 spiro atoms. The molecule has 2 aromatic carbocycles. The van der Waals surface area contributed by atoms with Crippen LogP contribution in [0.25, 0.3) is 22.5 Å². The Hall–Kier alpha value is -3.54. The highest BCUT2D eigenvalue weighted by atomic mass is 16.4. The SMILES string of the molecule is O=C(O)c1ccc(-c2cncc(-c3ccc(C(=O)O)cc3)n2)cc1. The Kier molecular flexibility index (Phi) is 4.03. The minimum Gasteiger partial charge on any atom is -0.478 e. The summed E-state index contributed by atoms with van der Waals surface area (Å²) in [5.74, 6) is -1.97. The maximum Gasteiger partial charge on any atom is 0.335 e. The molecule has 0 bridgehead atoms. The lowest BCUT2D eigenvalue weighted by molar-refractivity contribution is 0.0686. The normalized spacial score (nSPS) is 10.3. The van der Waals surface area contributed by atoms with Crippen molar-refractivity contribution in [2.75, 3.05) is 0 Å². The Labute approximate surface area is 137 Å². The van der Waals surface area contributed by atoms with Gasteiger partial charge in [0.1, 0.15) is 0 Å². The number of carbonyl (C=O) groups is 2. The molecule has 0 radical (unpaired) electrons. The molecule has 2 N–H and O–H groups in total. The number of hydrogen-bond donors (Lipinski definition) is 2. The van der Waals surface area contributed by atoms with E-state index in [1.165, 1.54) is 24.3 Å². The number of hydrogen-bond acceptors (Lipinski definition) is 4. The summed E-state index contributed by atoms with van der Waals surface area (Å²) in [6.45, 7) is 0. The van der Waals surface area contributed by atoms with Gasteiger partial charge in [-0.05, 0) is 24.3 Å². The molecule has 0 atom stereocenters. The lowest BCUT2D eigenvalue weighted by atomic mass is 10.1. The van der Waals surface area contributed by atoms with Gasteiger partial charge in [-0.25, -0.2) is 14.6 Å². The molecule has 0 unspecified atom stereocenters. The fourth-order valence-electron chi connectivity index (χ4n) is 2.21. The van der Waals surface area contributed by atoms with E-state index in [0.717, 1.165) is 11.1 Å². The maximum atomic E-state index is 10.9. The monoisotopic (exact) mass is 320 g/mol. The van der Waals surface area contributed by atoms with Crippen molar-refractivity contribution in [1.29, 1.82) is 0 Å². The van der Waals surface area contributed by atoms with Crippen molar-refractivity contribution < 1.29 is 19.8 Å². The Balaban J connectivity index is 1.94. The quantitative estimate of drug-likeness (QED) is 0.765. The lowest BCUT2D eigenvalue weighted by Crippen LogP contribution is -1.97. The van der Waals surface area contributed by atoms with Crippen LogP contribution >= 0.6 is 0 Å². The molecule has 6 heteroatoms. The van der Waals surface area contributed by atoms with Crippen LogP contribution in [0.15, 0.2) is 60.9 Å². The third-order valence-electron chi connectivity index (χ3n) is 3.49. The molecule has 1 aromatic heterocycles. The summed E-state index contributed by atoms with van der Waals surface area (Å²) in [5.41, 5.74) is 3.10. The summed E-state index contributed by atoms with van der Waals surface area (Å²) in [6, 6.07) is 12.7. The average Bonchev–Trinajstić information content (AvgIpc) is 2.62. The van der Waals surface area contributed by atoms with E-state index >= 15 is 0 Å². The molecule has 0 aliphatic rings. The van der Waals surface area contributed by atoms with Gasteiger partial charge in [0, 0.05) is 11.1 Å². The van der Waals surface area contributed by atoms with Crippen molar-refractivity contribution in [3.05, 3.63) is 72.1 Å². The molecule has 0 saturated heterocycles. The second kappa shape index (κ2) is 6.29. The van der Waals surface area contributed by atoms with Gasteiger partial charge in [0.05, 0.1) is 34.9 Å². The Morgan fingerprint density at radius 1 is 0.667 bits per heavy atom. The molecule has 0 amide bonds. The first-order chi connectivity index (χ1) is 11.5. The van der Waals surface area contributed by atoms with E-state index in [-0.39, 0.29) is 11.1 Å². The number of nitrogens with zero attached hydrogens (tertiary/aromatic N) is 2. The second-order valence-corrected chi connectivity index (χ2v) is 5.05. The minimum atomic E-state index is -0.986. The molecular weight excluding hydrogens is 308 g/mol. The number of carboxylic acid groups (broad SMARTS) is 2. The lowest BCUT2D eigenvalue weighted by Gasteiger charge is -2.05. The van der Waals surface area contributed by atoms with Gasteiger partial charge in [-0.1, -0.05) is 24.3 Å². The number of aromatic nitrogens is 2. The number of benzene rings is 2. The van der Waals surface area contributed by atoms with Gasteiger partial charge in [0.2, 0.25) is 0 Å². The van der Waals surface area contributed by atoms with Gasteiger partial charge >= 0.3 is 11.9 Å². The summed E-state index contributed by atoms with van der Waals surface area (Å²) >= 11 is 0. The largest absolute Gasteiger partial charge is 0.478 e. The average molecular weight is 320 g/mol. The van der Waals surface area contributed by atoms with Crippen LogP contribution < -0.4 is 0 Å². The van der Waals surface area contributed by atoms with E-state index in [1.54, 1.807) is 36.7 Å². The van der Waals surface area contributed by atoms with Crippen molar-refractivity contribution in [3.63, 3.8) is 0 Å². The fraction of sp³-hybridized carbons (Fsp3) is 0. The van der Waals surface area contributed by atoms with Crippen LogP contribution in [0.4, 0.5) is 0 Å². The van der Waals surface area contributed by atoms with E-state index in [0.29, 0.717) is 11.4 Å². The predicted octanol–water partition coefficient (Wildman–Crippen LogP) is 3.21. The zero-order valence-corrected chi connectivity index (χ0v) is 12.4. The molecule has 118 valence electrons. The first kappa shape index (κ1) is 15.4. The van der Waals surface area contributed by atoms with Gasteiger partial charge in [-0.15, -0.1) is 0 Å². The van der Waals surface area contributed by atoms with Crippen LogP contribution in [0.2, 0.25) is 0 Å². The Morgan fingerprint density at radius 3 is 1.38 bits per heavy atom. The molecule has 0 aliphatic heterocycles. The zero-order chi connectivity index (χ0) is 17.1. The van der Waals surface area contributed by atoms with Crippen LogP contribution in [-0.4, -0.2) is 32.1 Å². The third-order valence-corrected chi connectivity index (χ3v) is 3.49. The van der Waals surface area contributed by atoms with Gasteiger partial charge < -0.3 is 10.2 Å². The first-order valence-corrected chi connectivity index (χ1v) is 7.04. The molecule has 0 saturated carbocycles. The summed E-state index contributed by atoms with van der Waals surface area (Å²) in [5, 5.41) is 17.9. The van der Waals surface area contributed by atoms with Crippen molar-refractivity contribution in [1.82, 2.24) is 9.97 Å². The van der Waals surface area contributed by atoms with Crippen LogP contribution in [-0.2, 0) is 0 Å². The van der Waals surface area contributed by atoms with Crippen LogP contribution in [0.5, 0.6) is 0 Å². The highest BCUT2D eigenvalue weighted by molar-refractivity contribution is 5.88. The van der Waals surface area contributed by atoms with Gasteiger partial charge in [-0.2, -0.15) is 0 Å². The Bertz CT molecular complexity index is 830. The Morgan fingerprint density at radius 2 is 1.04 bits per heavy atom. The van der Waals surface area contributed by atoms with Gasteiger partial charge in [0.25, 0.3) is 0 Å². The molecule has 0 fully saturated rings. The molecule has 3 aromatic rings. The number of rotatable bonds is 4. The van der Waals surface area contributed by atoms with E-state index < -0.39 is 11.9 Å². The summed E-state index contributed by atoms with van der Waals surface area (Å²) in [6.07, 6.45) is 3.18. The first-order valence-electron chi connectivity index (χ1n) is 7.04. The van der Waals surface area contributed by atoms with E-state index in [2.05, 4.69) is 9.97 Å². The van der Waals surface area contributed by atoms with E-state index in [4.69, 9.17) is 10.2 Å². The van der Waals surface area contributed by atoms with Gasteiger partial charge in [0.15, 0.2) is 0 Å². The fourth-order valence-corrected chi connectivity index (χ4v) is 2.21. The molecule has 3 rings (SSSR count). The summed E-state index contributed by atoms with van der Waals surface area (Å²) in [4.78, 5) is 30.4. The van der Waals surface area contributed by atoms with Crippen molar-refractivity contribution in [2.45, 2.75) is 0 Å². The molecule has 1 heterocycles. The molecule has 24 heavy (non-hydrogen) atoms. The van der Waals surface area contributed by atoms with Gasteiger partial charge in [-0.3, -0.25) is 4.98 Å². The van der Waals surface area contributed by atoms with Crippen molar-refractivity contribution >= 4 is 11.9 Å². The van der Waals surface area contributed by atoms with Crippen LogP contribution in [0.1, 0.15) is 20.7 Å². The van der Waals surface area contributed by atoms with Crippen LogP contribution in [0.3, 0.4) is 0 Å². The highest BCUT2D eigenvalue weighted by Gasteiger charge is 2.08. The standard InChI is InChI=1S/C18H12N2O4/c21-17(22)13-5-1-11(2-6-13)15-9-19-10-16(20-15)12-3-7-14(8-4-12)18(23)24/h1-10H,(H,21,22)(H,23,24).